The molecule has 3 heteroatoms. The molecule has 96 valence electrons. The number of aromatic amines is 1. The Morgan fingerprint density at radius 2 is 1.79 bits per heavy atom. The Morgan fingerprint density at radius 3 is 2.58 bits per heavy atom. The highest BCUT2D eigenvalue weighted by molar-refractivity contribution is 5.92. The molecule has 3 aromatic rings. The summed E-state index contributed by atoms with van der Waals surface area (Å²) in [5, 5.41) is 1.25. The summed E-state index contributed by atoms with van der Waals surface area (Å²) in [5.74, 6) is 0. The van der Waals surface area contributed by atoms with E-state index in [1.54, 1.807) is 0 Å². The molecule has 0 bridgehead atoms. The summed E-state index contributed by atoms with van der Waals surface area (Å²) in [4.78, 5) is 5.54. The van der Waals surface area contributed by atoms with Crippen LogP contribution in [0.5, 0.6) is 0 Å². The van der Waals surface area contributed by atoms with E-state index >= 15 is 0 Å². The van der Waals surface area contributed by atoms with Crippen LogP contribution in [-0.2, 0) is 6.54 Å². The van der Waals surface area contributed by atoms with Gasteiger partial charge in [0.05, 0.1) is 5.69 Å². The molecule has 2 aromatic carbocycles. The van der Waals surface area contributed by atoms with Crippen molar-refractivity contribution in [2.45, 2.75) is 6.54 Å². The summed E-state index contributed by atoms with van der Waals surface area (Å²) in [7, 11) is 2.10. The lowest BCUT2D eigenvalue weighted by Gasteiger charge is -2.18. The monoisotopic (exact) mass is 251 g/mol. The summed E-state index contributed by atoms with van der Waals surface area (Å²) in [6.45, 7) is 0.863. The van der Waals surface area contributed by atoms with E-state index in [9.17, 15) is 0 Å². The molecule has 1 heterocycles. The van der Waals surface area contributed by atoms with Gasteiger partial charge in [-0.05, 0) is 23.8 Å². The first kappa shape index (κ1) is 11.7. The molecule has 0 aliphatic carbocycles. The number of fused-ring (bicyclic) bond motifs is 1. The second kappa shape index (κ2) is 4.69. The van der Waals surface area contributed by atoms with Crippen LogP contribution in [0.1, 0.15) is 5.56 Å². The number of para-hydroxylation sites is 1. The van der Waals surface area contributed by atoms with Crippen molar-refractivity contribution in [3.63, 3.8) is 0 Å². The summed E-state index contributed by atoms with van der Waals surface area (Å²) in [6, 6.07) is 16.4. The number of rotatable bonds is 3. The van der Waals surface area contributed by atoms with E-state index in [0.29, 0.717) is 0 Å². The molecule has 1 aromatic heterocycles. The lowest BCUT2D eigenvalue weighted by molar-refractivity contribution is 0.928. The molecule has 19 heavy (non-hydrogen) atoms. The lowest BCUT2D eigenvalue weighted by Crippen LogP contribution is -2.15. The summed E-state index contributed by atoms with van der Waals surface area (Å²) < 4.78 is 0. The Balaban J connectivity index is 1.87. The fourth-order valence-electron chi connectivity index (χ4n) is 2.35. The third kappa shape index (κ3) is 2.27. The molecule has 0 amide bonds. The van der Waals surface area contributed by atoms with E-state index in [0.717, 1.165) is 12.2 Å². The topological polar surface area (TPSA) is 45.0 Å². The fraction of sp³-hybridized carbons (Fsp3) is 0.125. The maximum absolute atomic E-state index is 5.71. The molecule has 3 rings (SSSR count). The van der Waals surface area contributed by atoms with Gasteiger partial charge in [0, 0.05) is 36.4 Å². The van der Waals surface area contributed by atoms with Gasteiger partial charge in [0.2, 0.25) is 0 Å². The van der Waals surface area contributed by atoms with Crippen LogP contribution in [0.4, 0.5) is 11.4 Å². The van der Waals surface area contributed by atoms with Gasteiger partial charge in [0.1, 0.15) is 0 Å². The van der Waals surface area contributed by atoms with Gasteiger partial charge in [-0.3, -0.25) is 0 Å². The van der Waals surface area contributed by atoms with Crippen LogP contribution < -0.4 is 10.6 Å². The third-order valence-corrected chi connectivity index (χ3v) is 3.38. The minimum atomic E-state index is 0.804. The SMILES string of the molecule is CN(Cc1ccc(N)cc1)c1c[nH]c2ccccc12. The first-order valence-corrected chi connectivity index (χ1v) is 6.36. The molecular formula is C16H17N3. The van der Waals surface area contributed by atoms with Gasteiger partial charge in [0.15, 0.2) is 0 Å². The fourth-order valence-corrected chi connectivity index (χ4v) is 2.35. The van der Waals surface area contributed by atoms with Crippen LogP contribution in [0, 0.1) is 0 Å². The van der Waals surface area contributed by atoms with E-state index < -0.39 is 0 Å². The zero-order valence-corrected chi connectivity index (χ0v) is 10.9. The van der Waals surface area contributed by atoms with Crippen LogP contribution in [-0.4, -0.2) is 12.0 Å². The minimum absolute atomic E-state index is 0.804. The van der Waals surface area contributed by atoms with Gasteiger partial charge < -0.3 is 15.6 Å². The predicted molar refractivity (Wildman–Crippen MR) is 81.3 cm³/mol. The van der Waals surface area contributed by atoms with Crippen molar-refractivity contribution in [1.82, 2.24) is 4.98 Å². The zero-order valence-electron chi connectivity index (χ0n) is 10.9. The highest BCUT2D eigenvalue weighted by Crippen LogP contribution is 2.26. The Morgan fingerprint density at radius 1 is 1.05 bits per heavy atom. The van der Waals surface area contributed by atoms with Crippen LogP contribution in [0.2, 0.25) is 0 Å². The Hall–Kier alpha value is -2.42. The summed E-state index contributed by atoms with van der Waals surface area (Å²) >= 11 is 0. The number of nitrogens with two attached hydrogens (primary N) is 1. The van der Waals surface area contributed by atoms with E-state index in [1.165, 1.54) is 22.2 Å². The quantitative estimate of drug-likeness (QED) is 0.701. The predicted octanol–water partition coefficient (Wildman–Crippen LogP) is 3.39. The minimum Gasteiger partial charge on any atom is -0.399 e. The second-order valence-electron chi connectivity index (χ2n) is 4.82. The normalized spacial score (nSPS) is 10.8. The number of nitrogens with one attached hydrogen (secondary N) is 1. The maximum atomic E-state index is 5.71. The van der Waals surface area contributed by atoms with E-state index in [-0.39, 0.29) is 0 Å². The number of aromatic nitrogens is 1. The van der Waals surface area contributed by atoms with Crippen LogP contribution >= 0.6 is 0 Å². The van der Waals surface area contributed by atoms with Crippen molar-refractivity contribution in [3.05, 3.63) is 60.3 Å². The van der Waals surface area contributed by atoms with Gasteiger partial charge in [0.25, 0.3) is 0 Å². The molecule has 0 radical (unpaired) electrons. The Bertz CT molecular complexity index is 683. The van der Waals surface area contributed by atoms with Crippen LogP contribution in [0.25, 0.3) is 10.9 Å². The van der Waals surface area contributed by atoms with Crippen molar-refractivity contribution in [3.8, 4) is 0 Å². The second-order valence-corrected chi connectivity index (χ2v) is 4.82. The van der Waals surface area contributed by atoms with E-state index in [4.69, 9.17) is 5.73 Å². The van der Waals surface area contributed by atoms with E-state index in [2.05, 4.69) is 53.5 Å². The van der Waals surface area contributed by atoms with Gasteiger partial charge in [-0.25, -0.2) is 0 Å². The molecule has 3 nitrogen and oxygen atoms in total. The van der Waals surface area contributed by atoms with Gasteiger partial charge in [-0.1, -0.05) is 30.3 Å². The highest BCUT2D eigenvalue weighted by Gasteiger charge is 2.08. The molecule has 0 aliphatic rings. The van der Waals surface area contributed by atoms with Crippen molar-refractivity contribution in [1.29, 1.82) is 0 Å². The van der Waals surface area contributed by atoms with Crippen LogP contribution in [0.15, 0.2) is 54.7 Å². The molecular weight excluding hydrogens is 234 g/mol. The molecule has 0 saturated heterocycles. The van der Waals surface area contributed by atoms with Crippen molar-refractivity contribution in [2.75, 3.05) is 17.7 Å². The summed E-state index contributed by atoms with van der Waals surface area (Å²) in [5.41, 5.74) is 10.1. The number of nitrogens with zero attached hydrogens (tertiary/aromatic N) is 1. The van der Waals surface area contributed by atoms with Crippen molar-refractivity contribution >= 4 is 22.3 Å². The van der Waals surface area contributed by atoms with Crippen LogP contribution in [0.3, 0.4) is 0 Å². The zero-order chi connectivity index (χ0) is 13.2. The number of hydrogen-bond acceptors (Lipinski definition) is 2. The van der Waals surface area contributed by atoms with Gasteiger partial charge >= 0.3 is 0 Å². The molecule has 3 N–H and O–H groups in total. The molecule has 0 fully saturated rings. The van der Waals surface area contributed by atoms with E-state index in [1.807, 2.05) is 18.2 Å². The molecule has 0 aliphatic heterocycles. The highest BCUT2D eigenvalue weighted by atomic mass is 15.1. The number of anilines is 2. The standard InChI is InChI=1S/C16H17N3/c1-19(11-12-6-8-13(17)9-7-12)16-10-18-15-5-3-2-4-14(15)16/h2-10,18H,11,17H2,1H3. The van der Waals surface area contributed by atoms with Gasteiger partial charge in [-0.2, -0.15) is 0 Å². The Kier molecular flexibility index (Phi) is 2.88. The smallest absolute Gasteiger partial charge is 0.0624 e. The number of H-pyrrole nitrogens is 1. The van der Waals surface area contributed by atoms with Gasteiger partial charge in [-0.15, -0.1) is 0 Å². The average molecular weight is 251 g/mol. The molecule has 0 atom stereocenters. The van der Waals surface area contributed by atoms with Crippen molar-refractivity contribution in [2.24, 2.45) is 0 Å². The number of nitrogen functional groups attached to an aromatic ring is 1. The maximum Gasteiger partial charge on any atom is 0.0624 e. The first-order chi connectivity index (χ1) is 9.24. The number of hydrogen-bond donors (Lipinski definition) is 2. The largest absolute Gasteiger partial charge is 0.399 e. The Labute approximate surface area is 112 Å². The van der Waals surface area contributed by atoms with Crippen molar-refractivity contribution < 1.29 is 0 Å². The molecule has 0 unspecified atom stereocenters. The summed E-state index contributed by atoms with van der Waals surface area (Å²) in [6.07, 6.45) is 2.06. The molecule has 0 saturated carbocycles. The number of benzene rings is 2. The average Bonchev–Trinajstić information content (AvgIpc) is 2.85. The molecule has 0 spiro atoms. The third-order valence-electron chi connectivity index (χ3n) is 3.38. The first-order valence-electron chi connectivity index (χ1n) is 6.36. The lowest BCUT2D eigenvalue weighted by atomic mass is 10.2.